The van der Waals surface area contributed by atoms with Gasteiger partial charge in [0, 0.05) is 0 Å². The van der Waals surface area contributed by atoms with Gasteiger partial charge in [-0.1, -0.05) is 12.1 Å². The van der Waals surface area contributed by atoms with E-state index < -0.39 is 11.5 Å². The SMILES string of the molecule is CNCCC(C)(F)c1cccc(F)c1. The Bertz CT molecular complexity index is 297. The van der Waals surface area contributed by atoms with Gasteiger partial charge in [0.25, 0.3) is 0 Å². The maximum absolute atomic E-state index is 14.0. The molecule has 1 nitrogen and oxygen atoms in total. The van der Waals surface area contributed by atoms with E-state index in [0.29, 0.717) is 18.5 Å². The third-order valence-electron chi connectivity index (χ3n) is 2.27. The Morgan fingerprint density at radius 3 is 2.71 bits per heavy atom. The van der Waals surface area contributed by atoms with E-state index in [-0.39, 0.29) is 0 Å². The second-order valence-electron chi connectivity index (χ2n) is 3.56. The minimum atomic E-state index is -1.47. The predicted molar refractivity (Wildman–Crippen MR) is 53.4 cm³/mol. The van der Waals surface area contributed by atoms with E-state index >= 15 is 0 Å². The van der Waals surface area contributed by atoms with Crippen molar-refractivity contribution in [3.05, 3.63) is 35.6 Å². The van der Waals surface area contributed by atoms with Gasteiger partial charge in [0.05, 0.1) is 0 Å². The van der Waals surface area contributed by atoms with Gasteiger partial charge in [-0.15, -0.1) is 0 Å². The van der Waals surface area contributed by atoms with Crippen molar-refractivity contribution in [3.63, 3.8) is 0 Å². The molecule has 0 spiro atoms. The minimum absolute atomic E-state index is 0.340. The smallest absolute Gasteiger partial charge is 0.134 e. The molecular formula is C11H15F2N. The molecule has 78 valence electrons. The van der Waals surface area contributed by atoms with Crippen molar-refractivity contribution in [2.45, 2.75) is 19.0 Å². The van der Waals surface area contributed by atoms with Crippen LogP contribution in [0.15, 0.2) is 24.3 Å². The molecule has 1 atom stereocenters. The van der Waals surface area contributed by atoms with Crippen molar-refractivity contribution in [1.29, 1.82) is 0 Å². The van der Waals surface area contributed by atoms with Crippen LogP contribution >= 0.6 is 0 Å². The van der Waals surface area contributed by atoms with E-state index in [1.54, 1.807) is 13.1 Å². The van der Waals surface area contributed by atoms with E-state index in [9.17, 15) is 8.78 Å². The second-order valence-corrected chi connectivity index (χ2v) is 3.56. The minimum Gasteiger partial charge on any atom is -0.320 e. The molecule has 0 aliphatic heterocycles. The largest absolute Gasteiger partial charge is 0.320 e. The van der Waals surface area contributed by atoms with Crippen molar-refractivity contribution in [3.8, 4) is 0 Å². The van der Waals surface area contributed by atoms with E-state index in [0.717, 1.165) is 0 Å². The third-order valence-corrected chi connectivity index (χ3v) is 2.27. The summed E-state index contributed by atoms with van der Waals surface area (Å²) in [7, 11) is 1.77. The fourth-order valence-corrected chi connectivity index (χ4v) is 1.32. The van der Waals surface area contributed by atoms with Crippen LogP contribution in [-0.4, -0.2) is 13.6 Å². The van der Waals surface area contributed by atoms with Gasteiger partial charge in [0.1, 0.15) is 11.5 Å². The summed E-state index contributed by atoms with van der Waals surface area (Å²) in [5, 5.41) is 2.87. The van der Waals surface area contributed by atoms with Crippen LogP contribution in [0.4, 0.5) is 8.78 Å². The molecule has 0 aliphatic carbocycles. The molecular weight excluding hydrogens is 184 g/mol. The Morgan fingerprint density at radius 1 is 1.43 bits per heavy atom. The van der Waals surface area contributed by atoms with Crippen molar-refractivity contribution in [2.24, 2.45) is 0 Å². The Morgan fingerprint density at radius 2 is 2.14 bits per heavy atom. The lowest BCUT2D eigenvalue weighted by Crippen LogP contribution is -2.22. The fraction of sp³-hybridized carbons (Fsp3) is 0.455. The van der Waals surface area contributed by atoms with E-state index in [4.69, 9.17) is 0 Å². The molecule has 3 heteroatoms. The van der Waals surface area contributed by atoms with Gasteiger partial charge in [-0.3, -0.25) is 0 Å². The van der Waals surface area contributed by atoms with Crippen LogP contribution in [0.3, 0.4) is 0 Å². The number of rotatable bonds is 4. The molecule has 0 heterocycles. The summed E-state index contributed by atoms with van der Waals surface area (Å²) in [6, 6.07) is 5.70. The molecule has 0 saturated heterocycles. The van der Waals surface area contributed by atoms with Crippen LogP contribution in [0.5, 0.6) is 0 Å². The monoisotopic (exact) mass is 199 g/mol. The van der Waals surface area contributed by atoms with Crippen LogP contribution in [0.1, 0.15) is 18.9 Å². The van der Waals surface area contributed by atoms with Gasteiger partial charge in [0.15, 0.2) is 0 Å². The summed E-state index contributed by atoms with van der Waals surface area (Å²) in [6.45, 7) is 2.04. The molecule has 0 saturated carbocycles. The van der Waals surface area contributed by atoms with E-state index in [1.165, 1.54) is 25.1 Å². The zero-order valence-electron chi connectivity index (χ0n) is 8.48. The highest BCUT2D eigenvalue weighted by Crippen LogP contribution is 2.28. The standard InChI is InChI=1S/C11H15F2N/c1-11(13,6-7-14-2)9-4-3-5-10(12)8-9/h3-5,8,14H,6-7H2,1-2H3. The summed E-state index contributed by atoms with van der Waals surface area (Å²) in [4.78, 5) is 0. The van der Waals surface area contributed by atoms with Gasteiger partial charge in [-0.05, 0) is 44.6 Å². The van der Waals surface area contributed by atoms with E-state index in [1.807, 2.05) is 0 Å². The second kappa shape index (κ2) is 4.51. The number of nitrogens with one attached hydrogen (secondary N) is 1. The van der Waals surface area contributed by atoms with Crippen LogP contribution < -0.4 is 5.32 Å². The zero-order valence-corrected chi connectivity index (χ0v) is 8.48. The molecule has 0 bridgehead atoms. The highest BCUT2D eigenvalue weighted by molar-refractivity contribution is 5.22. The first-order valence-corrected chi connectivity index (χ1v) is 4.66. The first-order valence-electron chi connectivity index (χ1n) is 4.66. The lowest BCUT2D eigenvalue weighted by Gasteiger charge is -2.20. The van der Waals surface area contributed by atoms with Crippen molar-refractivity contribution >= 4 is 0 Å². The maximum atomic E-state index is 14.0. The molecule has 1 rings (SSSR count). The van der Waals surface area contributed by atoms with Crippen molar-refractivity contribution in [1.82, 2.24) is 5.32 Å². The highest BCUT2D eigenvalue weighted by atomic mass is 19.1. The molecule has 1 aromatic rings. The third kappa shape index (κ3) is 2.77. The lowest BCUT2D eigenvalue weighted by atomic mass is 9.94. The number of hydrogen-bond acceptors (Lipinski definition) is 1. The average Bonchev–Trinajstić information content (AvgIpc) is 2.15. The predicted octanol–water partition coefficient (Wildman–Crippen LogP) is 2.62. The molecule has 0 fully saturated rings. The normalized spacial score (nSPS) is 15.1. The van der Waals surface area contributed by atoms with Crippen molar-refractivity contribution in [2.75, 3.05) is 13.6 Å². The Kier molecular flexibility index (Phi) is 3.58. The molecule has 1 aromatic carbocycles. The zero-order chi connectivity index (χ0) is 10.6. The number of halogens is 2. The molecule has 0 aromatic heterocycles. The number of benzene rings is 1. The Hall–Kier alpha value is -0.960. The van der Waals surface area contributed by atoms with Gasteiger partial charge in [-0.25, -0.2) is 8.78 Å². The molecule has 1 N–H and O–H groups in total. The van der Waals surface area contributed by atoms with E-state index in [2.05, 4.69) is 5.32 Å². The first kappa shape index (κ1) is 11.1. The van der Waals surface area contributed by atoms with Crippen LogP contribution in [0, 0.1) is 5.82 Å². The maximum Gasteiger partial charge on any atom is 0.134 e. The topological polar surface area (TPSA) is 12.0 Å². The Labute approximate surface area is 83.1 Å². The fourth-order valence-electron chi connectivity index (χ4n) is 1.32. The molecule has 0 amide bonds. The van der Waals surface area contributed by atoms with Gasteiger partial charge in [-0.2, -0.15) is 0 Å². The first-order chi connectivity index (χ1) is 6.56. The average molecular weight is 199 g/mol. The summed E-state index contributed by atoms with van der Waals surface area (Å²) >= 11 is 0. The van der Waals surface area contributed by atoms with Gasteiger partial charge in [0.2, 0.25) is 0 Å². The van der Waals surface area contributed by atoms with Gasteiger partial charge >= 0.3 is 0 Å². The lowest BCUT2D eigenvalue weighted by molar-refractivity contribution is 0.176. The molecule has 14 heavy (non-hydrogen) atoms. The summed E-state index contributed by atoms with van der Waals surface area (Å²) in [5.41, 5.74) is -1.07. The summed E-state index contributed by atoms with van der Waals surface area (Å²) in [6.07, 6.45) is 0.340. The van der Waals surface area contributed by atoms with Crippen LogP contribution in [-0.2, 0) is 5.67 Å². The number of alkyl halides is 1. The highest BCUT2D eigenvalue weighted by Gasteiger charge is 2.25. The quantitative estimate of drug-likeness (QED) is 0.786. The summed E-state index contributed by atoms with van der Waals surface area (Å²) in [5.74, 6) is -0.393. The van der Waals surface area contributed by atoms with Crippen LogP contribution in [0.25, 0.3) is 0 Å². The number of hydrogen-bond donors (Lipinski definition) is 1. The summed E-state index contributed by atoms with van der Waals surface area (Å²) < 4.78 is 26.8. The Balaban J connectivity index is 2.80. The molecule has 0 radical (unpaired) electrons. The molecule has 1 unspecified atom stereocenters. The van der Waals surface area contributed by atoms with Gasteiger partial charge < -0.3 is 5.32 Å². The van der Waals surface area contributed by atoms with Crippen LogP contribution in [0.2, 0.25) is 0 Å². The molecule has 0 aliphatic rings. The van der Waals surface area contributed by atoms with Crippen molar-refractivity contribution < 1.29 is 8.78 Å².